The Labute approximate surface area is 98.9 Å². The predicted molar refractivity (Wildman–Crippen MR) is 63.4 cm³/mol. The summed E-state index contributed by atoms with van der Waals surface area (Å²) >= 11 is 0. The second kappa shape index (κ2) is 5.40. The van der Waals surface area contributed by atoms with Gasteiger partial charge in [-0.05, 0) is 25.5 Å². The zero-order chi connectivity index (χ0) is 13.1. The second-order valence-electron chi connectivity index (χ2n) is 3.62. The van der Waals surface area contributed by atoms with Crippen molar-refractivity contribution >= 4 is 18.6 Å². The van der Waals surface area contributed by atoms with Crippen LogP contribution in [0.25, 0.3) is 0 Å². The minimum atomic E-state index is -3.89. The van der Waals surface area contributed by atoms with Gasteiger partial charge in [0.25, 0.3) is 5.69 Å². The predicted octanol–water partition coefficient (Wildman–Crippen LogP) is 2.22. The molecule has 1 aromatic rings. The minimum absolute atomic E-state index is 0.0587. The van der Waals surface area contributed by atoms with Gasteiger partial charge < -0.3 is 9.42 Å². The summed E-state index contributed by atoms with van der Waals surface area (Å²) in [6, 6.07) is 4.83. The van der Waals surface area contributed by atoms with E-state index in [0.29, 0.717) is 6.42 Å². The van der Waals surface area contributed by atoms with Gasteiger partial charge in [0.1, 0.15) is 0 Å². The molecule has 0 fully saturated rings. The highest BCUT2D eigenvalue weighted by Gasteiger charge is 2.25. The summed E-state index contributed by atoms with van der Waals surface area (Å²) in [6.07, 6.45) is 0.262. The number of rotatable bonds is 5. The van der Waals surface area contributed by atoms with Crippen molar-refractivity contribution in [3.63, 3.8) is 0 Å². The zero-order valence-corrected chi connectivity index (χ0v) is 10.5. The van der Waals surface area contributed by atoms with Gasteiger partial charge in [0, 0.05) is 12.1 Å². The van der Waals surface area contributed by atoms with E-state index in [4.69, 9.17) is 4.52 Å². The quantitative estimate of drug-likeness (QED) is 0.497. The normalized spacial score (nSPS) is 16.2. The van der Waals surface area contributed by atoms with Gasteiger partial charge in [0.05, 0.1) is 16.3 Å². The number of hydrogen-bond acceptors (Lipinski definition) is 4. The molecule has 0 saturated carbocycles. The molecule has 0 aliphatic rings. The molecule has 6 nitrogen and oxygen atoms in total. The van der Waals surface area contributed by atoms with Gasteiger partial charge >= 0.3 is 7.60 Å². The Hall–Kier alpha value is -1.23. The van der Waals surface area contributed by atoms with E-state index in [1.807, 2.05) is 6.92 Å². The van der Waals surface area contributed by atoms with Gasteiger partial charge in [-0.1, -0.05) is 6.92 Å². The van der Waals surface area contributed by atoms with Crippen LogP contribution < -0.4 is 5.30 Å². The Morgan fingerprint density at radius 3 is 2.41 bits per heavy atom. The summed E-state index contributed by atoms with van der Waals surface area (Å²) < 4.78 is 16.8. The maximum atomic E-state index is 11.8. The summed E-state index contributed by atoms with van der Waals surface area (Å²) in [7, 11) is -3.89. The lowest BCUT2D eigenvalue weighted by molar-refractivity contribution is -0.384. The first-order valence-electron chi connectivity index (χ1n) is 5.13. The lowest BCUT2D eigenvalue weighted by Crippen LogP contribution is -2.12. The summed E-state index contributed by atoms with van der Waals surface area (Å²) in [4.78, 5) is 19.5. The van der Waals surface area contributed by atoms with E-state index in [9.17, 15) is 19.6 Å². The first-order valence-corrected chi connectivity index (χ1v) is 6.70. The van der Waals surface area contributed by atoms with Crippen molar-refractivity contribution < 1.29 is 18.9 Å². The summed E-state index contributed by atoms with van der Waals surface area (Å²) in [5.74, 6) is 0. The Bertz CT molecular complexity index is 445. The Morgan fingerprint density at radius 2 is 2.00 bits per heavy atom. The van der Waals surface area contributed by atoms with E-state index in [1.54, 1.807) is 6.92 Å². The molecule has 0 aliphatic heterocycles. The number of nitro groups is 1. The third-order valence-corrected chi connectivity index (χ3v) is 3.88. The Kier molecular flexibility index (Phi) is 4.40. The third kappa shape index (κ3) is 3.63. The second-order valence-corrected chi connectivity index (χ2v) is 5.39. The first-order chi connectivity index (χ1) is 7.86. The van der Waals surface area contributed by atoms with Crippen LogP contribution in [0.3, 0.4) is 0 Å². The van der Waals surface area contributed by atoms with Crippen molar-refractivity contribution in [2.45, 2.75) is 26.4 Å². The third-order valence-electron chi connectivity index (χ3n) is 2.28. The molecule has 1 aromatic carbocycles. The maximum Gasteiger partial charge on any atom is 0.359 e. The van der Waals surface area contributed by atoms with Gasteiger partial charge in [-0.2, -0.15) is 0 Å². The highest BCUT2D eigenvalue weighted by Crippen LogP contribution is 2.42. The molecule has 2 unspecified atom stereocenters. The van der Waals surface area contributed by atoms with Crippen molar-refractivity contribution in [1.82, 2.24) is 0 Å². The van der Waals surface area contributed by atoms with Crippen molar-refractivity contribution in [2.24, 2.45) is 0 Å². The highest BCUT2D eigenvalue weighted by atomic mass is 31.2. The number of benzene rings is 1. The fraction of sp³-hybridized carbons (Fsp3) is 0.400. The van der Waals surface area contributed by atoms with Crippen LogP contribution in [0, 0.1) is 10.1 Å². The summed E-state index contributed by atoms with van der Waals surface area (Å²) in [5, 5.41) is 10.5. The SMILES string of the molecule is CCC(C)OP(=O)(O)c1ccc([N+](=O)[O-])cc1. The molecule has 7 heteroatoms. The molecule has 17 heavy (non-hydrogen) atoms. The van der Waals surface area contributed by atoms with Gasteiger partial charge in [0.15, 0.2) is 0 Å². The average Bonchev–Trinajstić information content (AvgIpc) is 2.28. The van der Waals surface area contributed by atoms with E-state index in [0.717, 1.165) is 0 Å². The van der Waals surface area contributed by atoms with Crippen LogP contribution in [0.4, 0.5) is 5.69 Å². The van der Waals surface area contributed by atoms with Gasteiger partial charge in [0.2, 0.25) is 0 Å². The van der Waals surface area contributed by atoms with Crippen LogP contribution in [-0.4, -0.2) is 15.9 Å². The molecule has 0 amide bonds. The number of non-ortho nitro benzene ring substituents is 1. The van der Waals surface area contributed by atoms with Crippen LogP contribution in [0.1, 0.15) is 20.3 Å². The monoisotopic (exact) mass is 259 g/mol. The largest absolute Gasteiger partial charge is 0.359 e. The fourth-order valence-electron chi connectivity index (χ4n) is 1.14. The Morgan fingerprint density at radius 1 is 1.47 bits per heavy atom. The lowest BCUT2D eigenvalue weighted by Gasteiger charge is -2.16. The van der Waals surface area contributed by atoms with Crippen molar-refractivity contribution in [3.8, 4) is 0 Å². The van der Waals surface area contributed by atoms with Crippen molar-refractivity contribution in [2.75, 3.05) is 0 Å². The summed E-state index contributed by atoms with van der Waals surface area (Å²) in [5.41, 5.74) is -0.128. The molecule has 0 aromatic heterocycles. The van der Waals surface area contributed by atoms with Crippen LogP contribution in [0.2, 0.25) is 0 Å². The van der Waals surface area contributed by atoms with E-state index in [1.165, 1.54) is 24.3 Å². The molecular formula is C10H14NO5P. The van der Waals surface area contributed by atoms with Crippen LogP contribution in [0.15, 0.2) is 24.3 Å². The van der Waals surface area contributed by atoms with E-state index >= 15 is 0 Å². The van der Waals surface area contributed by atoms with Gasteiger partial charge in [-0.15, -0.1) is 0 Å². The molecule has 0 spiro atoms. The molecule has 0 saturated heterocycles. The Balaban J connectivity index is 2.92. The maximum absolute atomic E-state index is 11.8. The molecule has 1 N–H and O–H groups in total. The minimum Gasteiger partial charge on any atom is -0.321 e. The lowest BCUT2D eigenvalue weighted by atomic mass is 10.3. The number of nitrogens with zero attached hydrogens (tertiary/aromatic N) is 1. The van der Waals surface area contributed by atoms with Crippen LogP contribution in [-0.2, 0) is 9.09 Å². The molecule has 94 valence electrons. The van der Waals surface area contributed by atoms with E-state index in [-0.39, 0.29) is 17.1 Å². The van der Waals surface area contributed by atoms with Gasteiger partial charge in [-0.25, -0.2) is 0 Å². The number of nitro benzene ring substituents is 1. The fourth-order valence-corrected chi connectivity index (χ4v) is 2.43. The summed E-state index contributed by atoms with van der Waals surface area (Å²) in [6.45, 7) is 3.52. The van der Waals surface area contributed by atoms with Gasteiger partial charge in [-0.3, -0.25) is 14.7 Å². The molecule has 0 radical (unpaired) electrons. The highest BCUT2D eigenvalue weighted by molar-refractivity contribution is 7.61. The van der Waals surface area contributed by atoms with E-state index < -0.39 is 12.5 Å². The molecule has 0 aliphatic carbocycles. The molecule has 0 heterocycles. The van der Waals surface area contributed by atoms with Crippen molar-refractivity contribution in [1.29, 1.82) is 0 Å². The standard InChI is InChI=1S/C10H14NO5P/c1-3-8(2)16-17(14,15)10-6-4-9(5-7-10)11(12)13/h4-8H,3H2,1-2H3,(H,14,15). The first kappa shape index (κ1) is 13.8. The molecule has 0 bridgehead atoms. The zero-order valence-electron chi connectivity index (χ0n) is 9.57. The molecule has 1 rings (SSSR count). The smallest absolute Gasteiger partial charge is 0.321 e. The number of hydrogen-bond donors (Lipinski definition) is 1. The van der Waals surface area contributed by atoms with E-state index in [2.05, 4.69) is 0 Å². The molecule has 2 atom stereocenters. The van der Waals surface area contributed by atoms with Crippen LogP contribution in [0.5, 0.6) is 0 Å². The van der Waals surface area contributed by atoms with Crippen LogP contribution >= 0.6 is 7.60 Å². The average molecular weight is 259 g/mol. The molecular weight excluding hydrogens is 245 g/mol. The van der Waals surface area contributed by atoms with Crippen molar-refractivity contribution in [3.05, 3.63) is 34.4 Å². The topological polar surface area (TPSA) is 89.7 Å².